The summed E-state index contributed by atoms with van der Waals surface area (Å²) in [5.74, 6) is 4.64. The Morgan fingerprint density at radius 1 is 0.972 bits per heavy atom. The quantitative estimate of drug-likeness (QED) is 0.283. The summed E-state index contributed by atoms with van der Waals surface area (Å²) in [5.41, 5.74) is 2.64. The molecule has 36 heavy (non-hydrogen) atoms. The molecule has 1 N–H and O–H groups in total. The van der Waals surface area contributed by atoms with Gasteiger partial charge in [-0.15, -0.1) is 0 Å². The molecule has 1 heteroatoms. The number of rotatable bonds is 6. The molecule has 0 aromatic carbocycles. The van der Waals surface area contributed by atoms with Crippen LogP contribution in [0.15, 0.2) is 23.8 Å². The van der Waals surface area contributed by atoms with Crippen LogP contribution in [0.4, 0.5) is 0 Å². The third-order valence-electron chi connectivity index (χ3n) is 10.3. The molecule has 7 unspecified atom stereocenters. The van der Waals surface area contributed by atoms with Crippen LogP contribution in [0.3, 0.4) is 0 Å². The van der Waals surface area contributed by atoms with Crippen LogP contribution in [0, 0.1) is 40.4 Å². The van der Waals surface area contributed by atoms with Gasteiger partial charge in [0.15, 0.2) is 0 Å². The Labute approximate surface area is 228 Å². The Morgan fingerprint density at radius 2 is 1.67 bits per heavy atom. The number of aliphatic hydroxyl groups excluding tert-OH is 1. The first-order valence-electron chi connectivity index (χ1n) is 16.2. The van der Waals surface area contributed by atoms with Crippen molar-refractivity contribution in [3.05, 3.63) is 23.8 Å². The second kappa shape index (κ2) is 16.4. The first kappa shape index (κ1) is 33.5. The highest BCUT2D eigenvalue weighted by Gasteiger charge is 2.58. The molecule has 0 aromatic rings. The average molecular weight is 503 g/mol. The molecule has 212 valence electrons. The van der Waals surface area contributed by atoms with Gasteiger partial charge < -0.3 is 5.11 Å². The molecule has 4 aliphatic rings. The number of aliphatic hydroxyl groups is 1. The van der Waals surface area contributed by atoms with E-state index in [4.69, 9.17) is 0 Å². The Balaban J connectivity index is 0.000000634. The van der Waals surface area contributed by atoms with Gasteiger partial charge in [0, 0.05) is 0 Å². The monoisotopic (exact) mass is 503 g/mol. The van der Waals surface area contributed by atoms with E-state index in [9.17, 15) is 5.11 Å². The van der Waals surface area contributed by atoms with Crippen molar-refractivity contribution in [2.24, 2.45) is 40.4 Å². The third-order valence-corrected chi connectivity index (χ3v) is 10.3. The Kier molecular flexibility index (Phi) is 15.3. The molecule has 0 aromatic heterocycles. The zero-order valence-electron chi connectivity index (χ0n) is 26.3. The normalized spacial score (nSPS) is 36.7. The molecular formula is C35H66O. The van der Waals surface area contributed by atoms with E-state index in [1.54, 1.807) is 5.57 Å². The summed E-state index contributed by atoms with van der Waals surface area (Å²) in [6.07, 6.45) is 24.1. The van der Waals surface area contributed by atoms with Gasteiger partial charge in [-0.1, -0.05) is 105 Å². The Bertz CT molecular complexity index is 645. The molecular weight excluding hydrogens is 436 g/mol. The fourth-order valence-electron chi connectivity index (χ4n) is 8.40. The van der Waals surface area contributed by atoms with Gasteiger partial charge in [0.1, 0.15) is 0 Å². The van der Waals surface area contributed by atoms with Crippen LogP contribution in [0.1, 0.15) is 153 Å². The number of allylic oxidation sites excluding steroid dienone is 3. The van der Waals surface area contributed by atoms with Crippen molar-refractivity contribution in [1.82, 2.24) is 0 Å². The van der Waals surface area contributed by atoms with E-state index in [2.05, 4.69) is 52.8 Å². The van der Waals surface area contributed by atoms with Crippen molar-refractivity contribution in [3.63, 3.8) is 0 Å². The van der Waals surface area contributed by atoms with Crippen LogP contribution in [-0.4, -0.2) is 11.2 Å². The van der Waals surface area contributed by atoms with Gasteiger partial charge in [-0.2, -0.15) is 0 Å². The lowest BCUT2D eigenvalue weighted by Gasteiger charge is -2.58. The van der Waals surface area contributed by atoms with E-state index < -0.39 is 0 Å². The van der Waals surface area contributed by atoms with Crippen molar-refractivity contribution in [1.29, 1.82) is 0 Å². The van der Waals surface area contributed by atoms with E-state index in [1.807, 2.05) is 34.6 Å². The minimum absolute atomic E-state index is 0.0727. The third kappa shape index (κ3) is 7.97. The van der Waals surface area contributed by atoms with Crippen molar-refractivity contribution in [3.8, 4) is 0 Å². The number of hydrogen-bond donors (Lipinski definition) is 1. The summed E-state index contributed by atoms with van der Waals surface area (Å²) < 4.78 is 0. The lowest BCUT2D eigenvalue weighted by Crippen LogP contribution is -2.50. The highest BCUT2D eigenvalue weighted by molar-refractivity contribution is 5.25. The molecule has 0 aliphatic heterocycles. The topological polar surface area (TPSA) is 20.2 Å². The van der Waals surface area contributed by atoms with Gasteiger partial charge in [0.25, 0.3) is 0 Å². The second-order valence-electron chi connectivity index (χ2n) is 12.6. The predicted molar refractivity (Wildman–Crippen MR) is 162 cm³/mol. The lowest BCUT2D eigenvalue weighted by molar-refractivity contribution is -0.0508. The number of unbranched alkanes of at least 4 members (excludes halogenated alkanes) is 1. The summed E-state index contributed by atoms with van der Waals surface area (Å²) in [5, 5.41) is 10.2. The van der Waals surface area contributed by atoms with E-state index in [-0.39, 0.29) is 6.10 Å². The number of hydrogen-bond acceptors (Lipinski definition) is 1. The molecule has 4 rings (SSSR count). The van der Waals surface area contributed by atoms with Crippen molar-refractivity contribution < 1.29 is 5.11 Å². The standard InChI is InChI=1S/C26H44O.C5H10.2C2H6/c1-18(2)7-5-6-8-19-10-12-23-22-11-9-20-17-21(27)13-15-26(20,4)24(22)14-16-25(19,23)3;1-3-5-4-2;2*1-2/h9,18-19,21-24,27H,5-8,10-17H2,1-4H3;3,5H,4H2,1-2H3;2*1-2H3/b;5-3+;;. The molecule has 4 aliphatic carbocycles. The molecule has 0 spiro atoms. The second-order valence-corrected chi connectivity index (χ2v) is 12.6. The SMILES string of the molecule is C/C=C/CC.CC.CC.CC(C)CCCCC1CCC2C3CC=C4CC(O)CCC4(C)C3CCC12C. The van der Waals surface area contributed by atoms with Crippen molar-refractivity contribution in [2.75, 3.05) is 0 Å². The van der Waals surface area contributed by atoms with Gasteiger partial charge in [-0.05, 0) is 112 Å². The van der Waals surface area contributed by atoms with Gasteiger partial charge in [-0.3, -0.25) is 0 Å². The smallest absolute Gasteiger partial charge is 0.0577 e. The Morgan fingerprint density at radius 3 is 2.25 bits per heavy atom. The van der Waals surface area contributed by atoms with Gasteiger partial charge >= 0.3 is 0 Å². The molecule has 0 heterocycles. The minimum Gasteiger partial charge on any atom is -0.393 e. The molecule has 3 saturated carbocycles. The first-order valence-corrected chi connectivity index (χ1v) is 16.2. The molecule has 0 bridgehead atoms. The lowest BCUT2D eigenvalue weighted by atomic mass is 9.47. The predicted octanol–water partition coefficient (Wildman–Crippen LogP) is 11.2. The van der Waals surface area contributed by atoms with Crippen molar-refractivity contribution in [2.45, 2.75) is 159 Å². The van der Waals surface area contributed by atoms with Crippen LogP contribution in [0.5, 0.6) is 0 Å². The molecule has 0 saturated heterocycles. The Hall–Kier alpha value is -0.560. The van der Waals surface area contributed by atoms with Crippen LogP contribution in [0.2, 0.25) is 0 Å². The summed E-state index contributed by atoms with van der Waals surface area (Å²) in [6.45, 7) is 22.1. The van der Waals surface area contributed by atoms with Crippen LogP contribution in [-0.2, 0) is 0 Å². The fraction of sp³-hybridized carbons (Fsp3) is 0.886. The largest absolute Gasteiger partial charge is 0.393 e. The molecule has 3 fully saturated rings. The maximum absolute atomic E-state index is 10.2. The highest BCUT2D eigenvalue weighted by atomic mass is 16.3. The minimum atomic E-state index is -0.0727. The summed E-state index contributed by atoms with van der Waals surface area (Å²) in [6, 6.07) is 0. The van der Waals surface area contributed by atoms with Gasteiger partial charge in [-0.25, -0.2) is 0 Å². The molecule has 7 atom stereocenters. The highest BCUT2D eigenvalue weighted by Crippen LogP contribution is 2.66. The molecule has 1 nitrogen and oxygen atoms in total. The zero-order chi connectivity index (χ0) is 27.4. The maximum atomic E-state index is 10.2. The maximum Gasteiger partial charge on any atom is 0.0577 e. The fourth-order valence-corrected chi connectivity index (χ4v) is 8.40. The number of fused-ring (bicyclic) bond motifs is 5. The van der Waals surface area contributed by atoms with Crippen LogP contribution >= 0.6 is 0 Å². The van der Waals surface area contributed by atoms with E-state index in [0.29, 0.717) is 10.8 Å². The van der Waals surface area contributed by atoms with Gasteiger partial charge in [0.05, 0.1) is 6.10 Å². The van der Waals surface area contributed by atoms with E-state index >= 15 is 0 Å². The summed E-state index contributed by atoms with van der Waals surface area (Å²) in [7, 11) is 0. The summed E-state index contributed by atoms with van der Waals surface area (Å²) in [4.78, 5) is 0. The molecule has 0 amide bonds. The van der Waals surface area contributed by atoms with E-state index in [0.717, 1.165) is 48.9 Å². The molecule has 0 radical (unpaired) electrons. The van der Waals surface area contributed by atoms with Crippen LogP contribution < -0.4 is 0 Å². The van der Waals surface area contributed by atoms with Crippen molar-refractivity contribution >= 4 is 0 Å². The van der Waals surface area contributed by atoms with E-state index in [1.165, 1.54) is 64.2 Å². The van der Waals surface area contributed by atoms with Crippen LogP contribution in [0.25, 0.3) is 0 Å². The first-order chi connectivity index (χ1) is 17.3. The van der Waals surface area contributed by atoms with Gasteiger partial charge in [0.2, 0.25) is 0 Å². The zero-order valence-corrected chi connectivity index (χ0v) is 26.3. The summed E-state index contributed by atoms with van der Waals surface area (Å²) >= 11 is 0. The average Bonchev–Trinajstić information content (AvgIpc) is 3.22.